The molecule has 2 aromatic rings. The molecule has 2 aromatic heterocycles. The highest BCUT2D eigenvalue weighted by Crippen LogP contribution is 2.37. The second-order valence-electron chi connectivity index (χ2n) is 9.48. The number of carbonyl (C=O) groups excluding carboxylic acids is 1. The number of rotatable bonds is 7. The minimum absolute atomic E-state index is 0.0498. The summed E-state index contributed by atoms with van der Waals surface area (Å²) in [4.78, 5) is 35.2. The lowest BCUT2D eigenvalue weighted by atomic mass is 9.89. The van der Waals surface area contributed by atoms with Crippen molar-refractivity contribution in [2.75, 3.05) is 26.0 Å². The Labute approximate surface area is 191 Å². The number of hydrogen-bond acceptors (Lipinski definition) is 6. The average molecular weight is 462 g/mol. The van der Waals surface area contributed by atoms with E-state index >= 15 is 0 Å². The van der Waals surface area contributed by atoms with Gasteiger partial charge in [-0.15, -0.1) is 11.3 Å². The molecular formula is C23H31N3O3S2. The maximum absolute atomic E-state index is 13.6. The van der Waals surface area contributed by atoms with Crippen molar-refractivity contribution in [3.8, 4) is 0 Å². The monoisotopic (exact) mass is 461 g/mol. The molecular weight excluding hydrogens is 430 g/mol. The minimum atomic E-state index is 0.0498. The molecule has 1 saturated heterocycles. The van der Waals surface area contributed by atoms with Gasteiger partial charge in [0.15, 0.2) is 5.16 Å². The number of aromatic nitrogens is 2. The van der Waals surface area contributed by atoms with E-state index in [1.807, 2.05) is 11.9 Å². The molecule has 2 fully saturated rings. The molecule has 0 bridgehead atoms. The first kappa shape index (κ1) is 21.5. The number of thiophene rings is 1. The number of carbonyl (C=O) groups is 1. The third kappa shape index (κ3) is 4.57. The van der Waals surface area contributed by atoms with Gasteiger partial charge in [-0.2, -0.15) is 0 Å². The highest BCUT2D eigenvalue weighted by atomic mass is 32.2. The summed E-state index contributed by atoms with van der Waals surface area (Å²) in [7, 11) is 1.88. The van der Waals surface area contributed by atoms with E-state index < -0.39 is 0 Å². The Bertz CT molecular complexity index is 1040. The van der Waals surface area contributed by atoms with Crippen LogP contribution in [0.2, 0.25) is 0 Å². The van der Waals surface area contributed by atoms with Crippen LogP contribution in [0.4, 0.5) is 0 Å². The SMILES string of the molecule is CC1CCc2c(sc3nc(SCC(=O)N(C)CC4CC4)n(CC4CCCO4)c(=O)c23)C1. The predicted molar refractivity (Wildman–Crippen MR) is 125 cm³/mol. The van der Waals surface area contributed by atoms with Crippen molar-refractivity contribution in [1.82, 2.24) is 14.5 Å². The number of aryl methyl sites for hydroxylation is 1. The first-order valence-corrected chi connectivity index (χ1v) is 13.3. The summed E-state index contributed by atoms with van der Waals surface area (Å²) in [5.74, 6) is 1.75. The summed E-state index contributed by atoms with van der Waals surface area (Å²) in [5.41, 5.74) is 1.27. The number of hydrogen-bond donors (Lipinski definition) is 0. The van der Waals surface area contributed by atoms with Crippen molar-refractivity contribution in [2.45, 2.75) is 69.7 Å². The highest BCUT2D eigenvalue weighted by molar-refractivity contribution is 7.99. The van der Waals surface area contributed by atoms with Gasteiger partial charge in [-0.3, -0.25) is 14.2 Å². The summed E-state index contributed by atoms with van der Waals surface area (Å²) in [6, 6.07) is 0. The predicted octanol–water partition coefficient (Wildman–Crippen LogP) is 3.72. The molecule has 8 heteroatoms. The van der Waals surface area contributed by atoms with Gasteiger partial charge < -0.3 is 9.64 Å². The van der Waals surface area contributed by atoms with Crippen molar-refractivity contribution in [3.05, 3.63) is 20.8 Å². The fraction of sp³-hybridized carbons (Fsp3) is 0.696. The maximum atomic E-state index is 13.6. The Hall–Kier alpha value is -1.38. The minimum Gasteiger partial charge on any atom is -0.376 e. The molecule has 168 valence electrons. The van der Waals surface area contributed by atoms with E-state index in [1.165, 1.54) is 35.0 Å². The zero-order valence-electron chi connectivity index (χ0n) is 18.4. The third-order valence-electron chi connectivity index (χ3n) is 6.77. The molecule has 2 aliphatic carbocycles. The smallest absolute Gasteiger partial charge is 0.263 e. The van der Waals surface area contributed by atoms with Crippen molar-refractivity contribution < 1.29 is 9.53 Å². The molecule has 5 rings (SSSR count). The Morgan fingerprint density at radius 1 is 1.32 bits per heavy atom. The fourth-order valence-corrected chi connectivity index (χ4v) is 7.07. The number of amides is 1. The van der Waals surface area contributed by atoms with Crippen molar-refractivity contribution in [3.63, 3.8) is 0 Å². The van der Waals surface area contributed by atoms with E-state index in [0.29, 0.717) is 29.3 Å². The van der Waals surface area contributed by atoms with Crippen LogP contribution < -0.4 is 5.56 Å². The van der Waals surface area contributed by atoms with Gasteiger partial charge >= 0.3 is 0 Å². The first-order chi connectivity index (χ1) is 15.0. The van der Waals surface area contributed by atoms with Crippen LogP contribution in [0.1, 0.15) is 49.5 Å². The van der Waals surface area contributed by atoms with E-state index in [4.69, 9.17) is 9.72 Å². The Kier molecular flexibility index (Phi) is 6.14. The van der Waals surface area contributed by atoms with E-state index in [1.54, 1.807) is 15.9 Å². The Morgan fingerprint density at radius 2 is 2.16 bits per heavy atom. The highest BCUT2D eigenvalue weighted by Gasteiger charge is 2.28. The summed E-state index contributed by atoms with van der Waals surface area (Å²) >= 11 is 3.08. The molecule has 1 saturated carbocycles. The topological polar surface area (TPSA) is 64.4 Å². The molecule has 2 atom stereocenters. The van der Waals surface area contributed by atoms with Gasteiger partial charge in [0.25, 0.3) is 5.56 Å². The number of thioether (sulfide) groups is 1. The quantitative estimate of drug-likeness (QED) is 0.464. The lowest BCUT2D eigenvalue weighted by Gasteiger charge is -2.19. The lowest BCUT2D eigenvalue weighted by molar-refractivity contribution is -0.127. The van der Waals surface area contributed by atoms with Gasteiger partial charge in [-0.05, 0) is 62.3 Å². The summed E-state index contributed by atoms with van der Waals surface area (Å²) in [6.45, 7) is 4.40. The summed E-state index contributed by atoms with van der Waals surface area (Å²) < 4.78 is 7.63. The largest absolute Gasteiger partial charge is 0.376 e. The molecule has 0 spiro atoms. The molecule has 1 amide bonds. The zero-order chi connectivity index (χ0) is 21.5. The molecule has 3 heterocycles. The normalized spacial score (nSPS) is 23.3. The second-order valence-corrected chi connectivity index (χ2v) is 11.5. The molecule has 1 aliphatic heterocycles. The Balaban J connectivity index is 1.45. The average Bonchev–Trinajstić information content (AvgIpc) is 3.26. The van der Waals surface area contributed by atoms with Crippen LogP contribution in [-0.4, -0.2) is 52.4 Å². The molecule has 0 aromatic carbocycles. The van der Waals surface area contributed by atoms with Gasteiger partial charge in [-0.25, -0.2) is 4.98 Å². The van der Waals surface area contributed by atoms with Gasteiger partial charge in [0.1, 0.15) is 4.83 Å². The molecule has 31 heavy (non-hydrogen) atoms. The molecule has 0 N–H and O–H groups in total. The van der Waals surface area contributed by atoms with E-state index in [9.17, 15) is 9.59 Å². The lowest BCUT2D eigenvalue weighted by Crippen LogP contribution is -2.32. The zero-order valence-corrected chi connectivity index (χ0v) is 20.0. The van der Waals surface area contributed by atoms with Gasteiger partial charge in [0, 0.05) is 25.1 Å². The van der Waals surface area contributed by atoms with Crippen molar-refractivity contribution in [2.24, 2.45) is 11.8 Å². The molecule has 3 aliphatic rings. The van der Waals surface area contributed by atoms with E-state index in [-0.39, 0.29) is 17.6 Å². The van der Waals surface area contributed by atoms with E-state index in [2.05, 4.69) is 6.92 Å². The van der Waals surface area contributed by atoms with Gasteiger partial charge in [0.2, 0.25) is 5.91 Å². The maximum Gasteiger partial charge on any atom is 0.263 e. The summed E-state index contributed by atoms with van der Waals surface area (Å²) in [5, 5.41) is 1.47. The van der Waals surface area contributed by atoms with Crippen molar-refractivity contribution in [1.29, 1.82) is 0 Å². The van der Waals surface area contributed by atoms with Crippen LogP contribution in [0.15, 0.2) is 9.95 Å². The Morgan fingerprint density at radius 3 is 2.90 bits per heavy atom. The van der Waals surface area contributed by atoms with Crippen LogP contribution in [0.25, 0.3) is 10.2 Å². The number of ether oxygens (including phenoxy) is 1. The number of fused-ring (bicyclic) bond motifs is 3. The summed E-state index contributed by atoms with van der Waals surface area (Å²) in [6.07, 6.45) is 7.64. The fourth-order valence-electron chi connectivity index (χ4n) is 4.69. The van der Waals surface area contributed by atoms with Crippen molar-refractivity contribution >= 4 is 39.2 Å². The molecule has 0 radical (unpaired) electrons. The van der Waals surface area contributed by atoms with Gasteiger partial charge in [0.05, 0.1) is 23.8 Å². The van der Waals surface area contributed by atoms with E-state index in [0.717, 1.165) is 55.5 Å². The standard InChI is InChI=1S/C23H31N3O3S2/c1-14-5-8-17-18(10-14)31-21-20(17)22(28)26(12-16-4-3-9-29-16)23(24-21)30-13-19(27)25(2)11-15-6-7-15/h14-16H,3-13H2,1-2H3. The van der Waals surface area contributed by atoms with Crippen LogP contribution >= 0.6 is 23.1 Å². The molecule has 6 nitrogen and oxygen atoms in total. The number of nitrogens with zero attached hydrogens (tertiary/aromatic N) is 3. The van der Waals surface area contributed by atoms with Crippen LogP contribution in [0, 0.1) is 11.8 Å². The van der Waals surface area contributed by atoms with Crippen LogP contribution in [0.3, 0.4) is 0 Å². The molecule has 2 unspecified atom stereocenters. The first-order valence-electron chi connectivity index (χ1n) is 11.5. The van der Waals surface area contributed by atoms with Gasteiger partial charge in [-0.1, -0.05) is 18.7 Å². The second kappa shape index (κ2) is 8.87. The third-order valence-corrected chi connectivity index (χ3v) is 8.88. The van der Waals surface area contributed by atoms with Crippen LogP contribution in [-0.2, 0) is 28.9 Å². The van der Waals surface area contributed by atoms with Crippen LogP contribution in [0.5, 0.6) is 0 Å².